The number of sulfonamides is 1. The summed E-state index contributed by atoms with van der Waals surface area (Å²) < 4.78 is 40.4. The summed E-state index contributed by atoms with van der Waals surface area (Å²) >= 11 is 0. The van der Waals surface area contributed by atoms with Crippen LogP contribution in [0.15, 0.2) is 24.3 Å². The molecule has 2 amide bonds. The minimum atomic E-state index is -3.46. The van der Waals surface area contributed by atoms with Crippen LogP contribution in [-0.4, -0.2) is 72.8 Å². The quantitative estimate of drug-likeness (QED) is 0.261. The lowest BCUT2D eigenvalue weighted by atomic mass is 9.72. The molecule has 2 saturated heterocycles. The topological polar surface area (TPSA) is 114 Å². The zero-order valence-electron chi connectivity index (χ0n) is 27.8. The van der Waals surface area contributed by atoms with Crippen molar-refractivity contribution in [1.29, 1.82) is 0 Å². The summed E-state index contributed by atoms with van der Waals surface area (Å²) in [5.41, 5.74) is -0.318. The van der Waals surface area contributed by atoms with Crippen LogP contribution in [0, 0.1) is 12.8 Å². The molecular weight excluding hydrogens is 565 g/mol. The Kier molecular flexibility index (Phi) is 11.2. The third-order valence-electron chi connectivity index (χ3n) is 9.17. The highest BCUT2D eigenvalue weighted by molar-refractivity contribution is 7.89. The summed E-state index contributed by atoms with van der Waals surface area (Å²) in [5, 5.41) is 6.18. The highest BCUT2D eigenvalue weighted by Gasteiger charge is 2.51. The van der Waals surface area contributed by atoms with E-state index in [1.807, 2.05) is 79.7 Å². The van der Waals surface area contributed by atoms with Gasteiger partial charge in [0.15, 0.2) is 0 Å². The number of amides is 2. The van der Waals surface area contributed by atoms with Gasteiger partial charge in [0.05, 0.1) is 17.0 Å². The summed E-state index contributed by atoms with van der Waals surface area (Å²) in [5.74, 6) is -0.658. The monoisotopic (exact) mass is 619 g/mol. The van der Waals surface area contributed by atoms with E-state index in [1.54, 1.807) is 4.31 Å². The fourth-order valence-electron chi connectivity index (χ4n) is 6.05. The van der Waals surface area contributed by atoms with Crippen molar-refractivity contribution in [3.05, 3.63) is 35.4 Å². The van der Waals surface area contributed by atoms with Crippen molar-refractivity contribution in [3.8, 4) is 0 Å². The van der Waals surface area contributed by atoms with Crippen LogP contribution in [0.1, 0.15) is 98.6 Å². The number of aryl methyl sites for hydroxylation is 2. The SMILES string of the molecule is CC(=O)NC(CCCCB1OC(C)(C)C(C)(C)O1)(C(=O)NC(C)(C)C)C1CCN(S(=O)(=O)CCc2ccc(C)cc2)CC1. The fourth-order valence-corrected chi connectivity index (χ4v) is 7.56. The third kappa shape index (κ3) is 9.28. The van der Waals surface area contributed by atoms with E-state index in [0.717, 1.165) is 17.5 Å². The van der Waals surface area contributed by atoms with Crippen molar-refractivity contribution in [3.63, 3.8) is 0 Å². The maximum Gasteiger partial charge on any atom is 0.457 e. The van der Waals surface area contributed by atoms with E-state index in [2.05, 4.69) is 10.6 Å². The molecule has 1 unspecified atom stereocenters. The minimum absolute atomic E-state index is 0.0427. The lowest BCUT2D eigenvalue weighted by molar-refractivity contribution is -0.138. The van der Waals surface area contributed by atoms with E-state index in [1.165, 1.54) is 6.92 Å². The van der Waals surface area contributed by atoms with E-state index in [-0.39, 0.29) is 30.6 Å². The largest absolute Gasteiger partial charge is 0.457 e. The molecular formula is C32H54BN3O6S. The molecule has 1 atom stereocenters. The Morgan fingerprint density at radius 1 is 0.977 bits per heavy atom. The van der Waals surface area contributed by atoms with Crippen LogP contribution in [0.2, 0.25) is 6.32 Å². The van der Waals surface area contributed by atoms with Gasteiger partial charge in [-0.15, -0.1) is 0 Å². The molecule has 2 aliphatic heterocycles. The standard InChI is InChI=1S/C32H54BN3O6S/c1-24-12-14-26(15-13-24)18-23-43(39,40)36-21-16-27(17-22-36)32(34-25(2)37,28(38)35-29(3,4)5)19-10-11-20-33-41-30(6,7)31(8,9)42-33/h12-15,27H,10-11,16-23H2,1-9H3,(H,34,37)(H,35,38). The number of carbonyl (C=O) groups excluding carboxylic acids is 2. The van der Waals surface area contributed by atoms with Crippen LogP contribution in [0.5, 0.6) is 0 Å². The predicted octanol–water partition coefficient (Wildman–Crippen LogP) is 4.63. The molecule has 1 aromatic rings. The molecule has 1 aromatic carbocycles. The second-order valence-electron chi connectivity index (χ2n) is 14.5. The molecule has 0 saturated carbocycles. The van der Waals surface area contributed by atoms with Crippen molar-refractivity contribution in [1.82, 2.24) is 14.9 Å². The van der Waals surface area contributed by atoms with E-state index in [0.29, 0.717) is 51.5 Å². The molecule has 3 rings (SSSR count). The molecule has 9 nitrogen and oxygen atoms in total. The summed E-state index contributed by atoms with van der Waals surface area (Å²) in [6, 6.07) is 7.93. The number of nitrogens with one attached hydrogen (secondary N) is 2. The number of benzene rings is 1. The van der Waals surface area contributed by atoms with Gasteiger partial charge in [0, 0.05) is 25.6 Å². The first kappa shape index (κ1) is 35.5. The molecule has 0 aromatic heterocycles. The Balaban J connectivity index is 1.71. The normalized spacial score (nSPS) is 20.9. The molecule has 0 aliphatic carbocycles. The fraction of sp³-hybridized carbons (Fsp3) is 0.750. The molecule has 2 heterocycles. The zero-order chi connectivity index (χ0) is 32.3. The number of nitrogens with zero attached hydrogens (tertiary/aromatic N) is 1. The van der Waals surface area contributed by atoms with Gasteiger partial charge in [0.2, 0.25) is 21.8 Å². The molecule has 11 heteroatoms. The van der Waals surface area contributed by atoms with Gasteiger partial charge >= 0.3 is 7.12 Å². The van der Waals surface area contributed by atoms with Crippen molar-refractivity contribution in [2.75, 3.05) is 18.8 Å². The lowest BCUT2D eigenvalue weighted by Gasteiger charge is -2.45. The maximum atomic E-state index is 14.0. The lowest BCUT2D eigenvalue weighted by Crippen LogP contribution is -2.66. The van der Waals surface area contributed by atoms with Crippen molar-refractivity contribution >= 4 is 29.0 Å². The summed E-state index contributed by atoms with van der Waals surface area (Å²) in [4.78, 5) is 26.6. The molecule has 2 N–H and O–H groups in total. The highest BCUT2D eigenvalue weighted by atomic mass is 32.2. The number of hydrogen-bond acceptors (Lipinski definition) is 6. The molecule has 2 aliphatic rings. The Morgan fingerprint density at radius 3 is 2.05 bits per heavy atom. The zero-order valence-corrected chi connectivity index (χ0v) is 28.7. The van der Waals surface area contributed by atoms with Crippen LogP contribution in [0.3, 0.4) is 0 Å². The molecule has 2 fully saturated rings. The number of unbranched alkanes of at least 4 members (excludes halogenated alkanes) is 1. The maximum absolute atomic E-state index is 14.0. The van der Waals surface area contributed by atoms with Gasteiger partial charge in [-0.2, -0.15) is 0 Å². The molecule has 0 bridgehead atoms. The number of carbonyl (C=O) groups is 2. The van der Waals surface area contributed by atoms with Crippen LogP contribution in [0.4, 0.5) is 0 Å². The molecule has 0 radical (unpaired) electrons. The first-order valence-corrected chi connectivity index (χ1v) is 17.4. The van der Waals surface area contributed by atoms with Gasteiger partial charge in [-0.1, -0.05) is 42.7 Å². The molecule has 242 valence electrons. The first-order valence-electron chi connectivity index (χ1n) is 15.8. The Labute approximate surface area is 260 Å². The molecule has 0 spiro atoms. The van der Waals surface area contributed by atoms with Gasteiger partial charge in [-0.05, 0) is 98.9 Å². The second-order valence-corrected chi connectivity index (χ2v) is 16.6. The van der Waals surface area contributed by atoms with E-state index in [4.69, 9.17) is 9.31 Å². The van der Waals surface area contributed by atoms with Crippen molar-refractivity contribution in [2.24, 2.45) is 5.92 Å². The number of piperidine rings is 1. The summed E-state index contributed by atoms with van der Waals surface area (Å²) in [6.45, 7) is 18.0. The van der Waals surface area contributed by atoms with Crippen molar-refractivity contribution < 1.29 is 27.3 Å². The number of hydrogen-bond donors (Lipinski definition) is 2. The van der Waals surface area contributed by atoms with Crippen LogP contribution < -0.4 is 10.6 Å². The predicted molar refractivity (Wildman–Crippen MR) is 172 cm³/mol. The third-order valence-corrected chi connectivity index (χ3v) is 11.0. The average molecular weight is 620 g/mol. The first-order chi connectivity index (χ1) is 19.8. The van der Waals surface area contributed by atoms with Crippen molar-refractivity contribution in [2.45, 2.75) is 129 Å². The molecule has 43 heavy (non-hydrogen) atoms. The van der Waals surface area contributed by atoms with Gasteiger partial charge in [-0.25, -0.2) is 12.7 Å². The minimum Gasteiger partial charge on any atom is -0.403 e. The van der Waals surface area contributed by atoms with E-state index in [9.17, 15) is 18.0 Å². The van der Waals surface area contributed by atoms with Crippen LogP contribution in [-0.2, 0) is 35.3 Å². The van der Waals surface area contributed by atoms with Gasteiger partial charge in [0.25, 0.3) is 0 Å². The van der Waals surface area contributed by atoms with Crippen LogP contribution in [0.25, 0.3) is 0 Å². The van der Waals surface area contributed by atoms with Gasteiger partial charge < -0.3 is 19.9 Å². The smallest absolute Gasteiger partial charge is 0.403 e. The average Bonchev–Trinajstić information content (AvgIpc) is 3.10. The summed E-state index contributed by atoms with van der Waals surface area (Å²) in [6.07, 6.45) is 3.98. The number of rotatable bonds is 12. The van der Waals surface area contributed by atoms with Gasteiger partial charge in [-0.3, -0.25) is 9.59 Å². The van der Waals surface area contributed by atoms with E-state index < -0.39 is 32.3 Å². The second kappa shape index (κ2) is 13.6. The Bertz CT molecular complexity index is 1200. The highest BCUT2D eigenvalue weighted by Crippen LogP contribution is 2.39. The Hall–Kier alpha value is -1.95. The summed E-state index contributed by atoms with van der Waals surface area (Å²) in [7, 11) is -3.79. The van der Waals surface area contributed by atoms with E-state index >= 15 is 0 Å². The van der Waals surface area contributed by atoms with Crippen LogP contribution >= 0.6 is 0 Å². The Morgan fingerprint density at radius 2 is 1.53 bits per heavy atom. The van der Waals surface area contributed by atoms with Gasteiger partial charge in [0.1, 0.15) is 5.54 Å².